The summed E-state index contributed by atoms with van der Waals surface area (Å²) in [5.41, 5.74) is 1.20. The minimum absolute atomic E-state index is 0.0991. The molecule has 7 nitrogen and oxygen atoms in total. The number of nitrogens with zero attached hydrogens (tertiary/aromatic N) is 2. The molecule has 27 heavy (non-hydrogen) atoms. The van der Waals surface area contributed by atoms with Crippen LogP contribution in [0.3, 0.4) is 0 Å². The van der Waals surface area contributed by atoms with Crippen molar-refractivity contribution in [2.75, 3.05) is 31.3 Å². The standard InChI is InChI=1S/C18H21N3O4S2/c1-26-18-20-15(19-8-7-13-24-9-10-25-13)14(17(22)23)16(21-18)27-11-12-5-3-2-4-6-12/h2-6,13H,7-11H2,1H3,(H,22,23)(H,19,20,21). The molecule has 1 aromatic heterocycles. The highest BCUT2D eigenvalue weighted by Gasteiger charge is 2.22. The van der Waals surface area contributed by atoms with Crippen molar-refractivity contribution in [2.45, 2.75) is 28.6 Å². The lowest BCUT2D eigenvalue weighted by Crippen LogP contribution is -2.17. The maximum atomic E-state index is 11.9. The maximum Gasteiger partial charge on any atom is 0.342 e. The van der Waals surface area contributed by atoms with Gasteiger partial charge in [0.25, 0.3) is 0 Å². The largest absolute Gasteiger partial charge is 0.477 e. The smallest absolute Gasteiger partial charge is 0.342 e. The number of carboxylic acids is 1. The molecule has 0 bridgehead atoms. The van der Waals surface area contributed by atoms with Crippen LogP contribution in [0, 0.1) is 0 Å². The van der Waals surface area contributed by atoms with Gasteiger partial charge in [-0.1, -0.05) is 42.1 Å². The van der Waals surface area contributed by atoms with Crippen molar-refractivity contribution < 1.29 is 19.4 Å². The van der Waals surface area contributed by atoms with E-state index in [9.17, 15) is 9.90 Å². The number of carboxylic acid groups (broad SMARTS) is 1. The van der Waals surface area contributed by atoms with Crippen LogP contribution >= 0.6 is 23.5 Å². The molecule has 0 unspecified atom stereocenters. The summed E-state index contributed by atoms with van der Waals surface area (Å²) >= 11 is 2.78. The van der Waals surface area contributed by atoms with Crippen molar-refractivity contribution in [2.24, 2.45) is 0 Å². The minimum Gasteiger partial charge on any atom is -0.477 e. The molecule has 2 heterocycles. The quantitative estimate of drug-likeness (QED) is 0.369. The first kappa shape index (κ1) is 19.9. The molecule has 0 radical (unpaired) electrons. The summed E-state index contributed by atoms with van der Waals surface area (Å²) in [7, 11) is 0. The first-order valence-electron chi connectivity index (χ1n) is 8.50. The predicted octanol–water partition coefficient (Wildman–Crippen LogP) is 3.36. The Morgan fingerprint density at radius 1 is 1.26 bits per heavy atom. The van der Waals surface area contributed by atoms with Crippen LogP contribution in [0.5, 0.6) is 0 Å². The van der Waals surface area contributed by atoms with Gasteiger partial charge in [-0.15, -0.1) is 11.8 Å². The summed E-state index contributed by atoms with van der Waals surface area (Å²) in [6, 6.07) is 9.88. The average Bonchev–Trinajstić information content (AvgIpc) is 3.20. The van der Waals surface area contributed by atoms with E-state index in [1.807, 2.05) is 36.6 Å². The third-order valence-electron chi connectivity index (χ3n) is 3.83. The second kappa shape index (κ2) is 9.93. The molecule has 1 aliphatic rings. The van der Waals surface area contributed by atoms with E-state index < -0.39 is 5.97 Å². The number of thioether (sulfide) groups is 2. The third kappa shape index (κ3) is 5.58. The molecule has 0 saturated carbocycles. The van der Waals surface area contributed by atoms with Crippen molar-refractivity contribution in [3.8, 4) is 0 Å². The van der Waals surface area contributed by atoms with E-state index in [0.29, 0.717) is 47.9 Å². The zero-order chi connectivity index (χ0) is 19.1. The Balaban J connectivity index is 1.76. The van der Waals surface area contributed by atoms with Crippen LogP contribution in [-0.2, 0) is 15.2 Å². The molecule has 2 N–H and O–H groups in total. The number of ether oxygens (including phenoxy) is 2. The van der Waals surface area contributed by atoms with E-state index in [2.05, 4.69) is 15.3 Å². The highest BCUT2D eigenvalue weighted by Crippen LogP contribution is 2.30. The van der Waals surface area contributed by atoms with Crippen LogP contribution in [0.15, 0.2) is 40.5 Å². The average molecular weight is 408 g/mol. The van der Waals surface area contributed by atoms with Gasteiger partial charge in [0, 0.05) is 18.7 Å². The Morgan fingerprint density at radius 3 is 2.67 bits per heavy atom. The summed E-state index contributed by atoms with van der Waals surface area (Å²) in [5.74, 6) is -0.0840. The minimum atomic E-state index is -1.05. The van der Waals surface area contributed by atoms with Crippen molar-refractivity contribution >= 4 is 35.3 Å². The SMILES string of the molecule is CSc1nc(NCCC2OCCO2)c(C(=O)O)c(SCc2ccccc2)n1. The Morgan fingerprint density at radius 2 is 2.00 bits per heavy atom. The van der Waals surface area contributed by atoms with Gasteiger partial charge >= 0.3 is 5.97 Å². The van der Waals surface area contributed by atoms with Crippen LogP contribution in [0.2, 0.25) is 0 Å². The van der Waals surface area contributed by atoms with Crippen LogP contribution in [0.25, 0.3) is 0 Å². The summed E-state index contributed by atoms with van der Waals surface area (Å²) in [4.78, 5) is 20.7. The summed E-state index contributed by atoms with van der Waals surface area (Å²) < 4.78 is 10.8. The fraction of sp³-hybridized carbons (Fsp3) is 0.389. The van der Waals surface area contributed by atoms with E-state index >= 15 is 0 Å². The molecule has 0 atom stereocenters. The molecule has 0 amide bonds. The fourth-order valence-electron chi connectivity index (χ4n) is 2.55. The molecule has 9 heteroatoms. The number of hydrogen-bond donors (Lipinski definition) is 2. The number of nitrogens with one attached hydrogen (secondary N) is 1. The molecule has 3 rings (SSSR count). The van der Waals surface area contributed by atoms with Gasteiger partial charge in [-0.2, -0.15) is 0 Å². The van der Waals surface area contributed by atoms with E-state index in [1.165, 1.54) is 23.5 Å². The zero-order valence-corrected chi connectivity index (χ0v) is 16.5. The molecular weight excluding hydrogens is 386 g/mol. The van der Waals surface area contributed by atoms with Crippen molar-refractivity contribution in [3.05, 3.63) is 41.5 Å². The van der Waals surface area contributed by atoms with Gasteiger partial charge in [0.15, 0.2) is 11.4 Å². The predicted molar refractivity (Wildman–Crippen MR) is 106 cm³/mol. The van der Waals surface area contributed by atoms with Crippen LogP contribution < -0.4 is 5.32 Å². The van der Waals surface area contributed by atoms with Crippen LogP contribution in [-0.4, -0.2) is 53.3 Å². The Bertz CT molecular complexity index is 771. The Hall–Kier alpha value is -1.81. The lowest BCUT2D eigenvalue weighted by atomic mass is 10.2. The highest BCUT2D eigenvalue weighted by atomic mass is 32.2. The summed E-state index contributed by atoms with van der Waals surface area (Å²) in [6.45, 7) is 1.68. The Labute approximate surface area is 166 Å². The molecular formula is C18H21N3O4S2. The van der Waals surface area contributed by atoms with Gasteiger partial charge < -0.3 is 19.9 Å². The monoisotopic (exact) mass is 407 g/mol. The normalized spacial score (nSPS) is 14.4. The summed E-state index contributed by atoms with van der Waals surface area (Å²) in [5, 5.41) is 13.8. The number of aromatic carboxylic acids is 1. The van der Waals surface area contributed by atoms with Gasteiger partial charge in [0.1, 0.15) is 16.4 Å². The van der Waals surface area contributed by atoms with Crippen molar-refractivity contribution in [1.29, 1.82) is 0 Å². The molecule has 1 aromatic carbocycles. The second-order valence-corrected chi connectivity index (χ2v) is 7.44. The molecule has 1 fully saturated rings. The van der Waals surface area contributed by atoms with Crippen molar-refractivity contribution in [1.82, 2.24) is 9.97 Å². The first-order valence-corrected chi connectivity index (χ1v) is 10.7. The van der Waals surface area contributed by atoms with E-state index in [-0.39, 0.29) is 11.9 Å². The number of carbonyl (C=O) groups is 1. The number of benzene rings is 1. The fourth-order valence-corrected chi connectivity index (χ4v) is 3.94. The highest BCUT2D eigenvalue weighted by molar-refractivity contribution is 7.99. The second-order valence-electron chi connectivity index (χ2n) is 5.71. The van der Waals surface area contributed by atoms with Gasteiger partial charge in [-0.05, 0) is 11.8 Å². The van der Waals surface area contributed by atoms with E-state index in [4.69, 9.17) is 9.47 Å². The topological polar surface area (TPSA) is 93.6 Å². The third-order valence-corrected chi connectivity index (χ3v) is 5.43. The zero-order valence-electron chi connectivity index (χ0n) is 14.9. The number of rotatable bonds is 9. The number of hydrogen-bond acceptors (Lipinski definition) is 8. The number of aromatic nitrogens is 2. The van der Waals surface area contributed by atoms with Gasteiger partial charge in [-0.25, -0.2) is 14.8 Å². The van der Waals surface area contributed by atoms with Crippen LogP contribution in [0.1, 0.15) is 22.3 Å². The summed E-state index contributed by atoms with van der Waals surface area (Å²) in [6.07, 6.45) is 2.23. The van der Waals surface area contributed by atoms with E-state index in [0.717, 1.165) is 5.56 Å². The molecule has 1 aliphatic heterocycles. The molecule has 1 saturated heterocycles. The maximum absolute atomic E-state index is 11.9. The first-order chi connectivity index (χ1) is 13.2. The molecule has 144 valence electrons. The molecule has 2 aromatic rings. The lowest BCUT2D eigenvalue weighted by molar-refractivity contribution is -0.0439. The number of anilines is 1. The van der Waals surface area contributed by atoms with Gasteiger partial charge in [-0.3, -0.25) is 0 Å². The van der Waals surface area contributed by atoms with Gasteiger partial charge in [0.2, 0.25) is 0 Å². The van der Waals surface area contributed by atoms with Crippen LogP contribution in [0.4, 0.5) is 5.82 Å². The van der Waals surface area contributed by atoms with E-state index in [1.54, 1.807) is 0 Å². The van der Waals surface area contributed by atoms with Gasteiger partial charge in [0.05, 0.1) is 13.2 Å². The lowest BCUT2D eigenvalue weighted by Gasteiger charge is -2.14. The molecule has 0 spiro atoms. The molecule has 0 aliphatic carbocycles. The Kier molecular flexibility index (Phi) is 7.33. The van der Waals surface area contributed by atoms with Crippen molar-refractivity contribution in [3.63, 3.8) is 0 Å².